The number of fused-ring (bicyclic) bond motifs is 1. The molecular weight excluding hydrogens is 409 g/mol. The summed E-state index contributed by atoms with van der Waals surface area (Å²) in [7, 11) is 1.77. The Bertz CT molecular complexity index is 806. The first-order valence-electron chi connectivity index (χ1n) is 9.26. The Labute approximate surface area is 170 Å². The molecule has 7 nitrogen and oxygen atoms in total. The quantitative estimate of drug-likeness (QED) is 0.756. The number of carboxylic acids is 1. The molecule has 0 aromatic carbocycles. The minimum atomic E-state index is -5.08. The first-order valence-corrected chi connectivity index (χ1v) is 10.2. The van der Waals surface area contributed by atoms with Gasteiger partial charge in [-0.1, -0.05) is 5.21 Å². The van der Waals surface area contributed by atoms with Crippen LogP contribution in [0.25, 0.3) is 0 Å². The molecule has 1 unspecified atom stereocenters. The molecule has 0 spiro atoms. The van der Waals surface area contributed by atoms with Gasteiger partial charge in [-0.05, 0) is 41.1 Å². The average molecular weight is 432 g/mol. The Balaban J connectivity index is 0.000000298. The van der Waals surface area contributed by atoms with E-state index in [9.17, 15) is 13.2 Å². The van der Waals surface area contributed by atoms with Crippen molar-refractivity contribution in [2.75, 3.05) is 20.3 Å². The van der Waals surface area contributed by atoms with E-state index in [1.165, 1.54) is 24.1 Å². The number of alkyl halides is 3. The highest BCUT2D eigenvalue weighted by Gasteiger charge is 2.38. The number of nitrogens with zero attached hydrogens (tertiary/aromatic N) is 4. The first kappa shape index (κ1) is 21.7. The predicted molar refractivity (Wildman–Crippen MR) is 99.5 cm³/mol. The molecule has 11 heteroatoms. The lowest BCUT2D eigenvalue weighted by Crippen LogP contribution is -2.38. The largest absolute Gasteiger partial charge is 0.490 e. The standard InChI is InChI=1S/C16H22N4OS.C2HF3O2/c1-21-10-15-16-14(20(18-17-16)9-12-2-3-12)4-6-19(15)8-13-5-7-22-11-13;3-2(4,5)1(6)7/h5,7,11-12,15H,2-4,6,8-10H2,1H3;(H,6,7). The van der Waals surface area contributed by atoms with Crippen LogP contribution in [0.1, 0.15) is 35.8 Å². The SMILES string of the molecule is COCC1c2nnn(CC3CC3)c2CCN1Cc1ccsc1.O=C(O)C(F)(F)F. The molecule has 0 amide bonds. The van der Waals surface area contributed by atoms with Crippen LogP contribution in [0.4, 0.5) is 13.2 Å². The van der Waals surface area contributed by atoms with Gasteiger partial charge >= 0.3 is 12.1 Å². The van der Waals surface area contributed by atoms with Crippen LogP contribution in [0.2, 0.25) is 0 Å². The van der Waals surface area contributed by atoms with Gasteiger partial charge in [-0.2, -0.15) is 24.5 Å². The summed E-state index contributed by atoms with van der Waals surface area (Å²) in [5.41, 5.74) is 3.83. The van der Waals surface area contributed by atoms with Crippen LogP contribution in [0.15, 0.2) is 16.8 Å². The van der Waals surface area contributed by atoms with Crippen LogP contribution in [0.5, 0.6) is 0 Å². The summed E-state index contributed by atoms with van der Waals surface area (Å²) < 4.78 is 39.4. The van der Waals surface area contributed by atoms with Gasteiger partial charge in [0.05, 0.1) is 18.3 Å². The Morgan fingerprint density at radius 3 is 2.69 bits per heavy atom. The predicted octanol–water partition coefficient (Wildman–Crippen LogP) is 3.13. The first-order chi connectivity index (χ1) is 13.8. The van der Waals surface area contributed by atoms with Gasteiger partial charge in [0.2, 0.25) is 0 Å². The van der Waals surface area contributed by atoms with Gasteiger partial charge in [-0.3, -0.25) is 4.90 Å². The monoisotopic (exact) mass is 432 g/mol. The Morgan fingerprint density at radius 1 is 1.41 bits per heavy atom. The second kappa shape index (κ2) is 9.23. The molecular formula is C18H23F3N4O3S. The van der Waals surface area contributed by atoms with E-state index in [2.05, 4.69) is 36.7 Å². The van der Waals surface area contributed by atoms with Gasteiger partial charge in [-0.15, -0.1) is 5.10 Å². The molecule has 1 atom stereocenters. The number of thiophene rings is 1. The van der Waals surface area contributed by atoms with Gasteiger partial charge in [0.25, 0.3) is 0 Å². The Kier molecular flexibility index (Phi) is 6.91. The number of hydrogen-bond donors (Lipinski definition) is 1. The molecule has 2 aromatic rings. The maximum absolute atomic E-state index is 10.6. The second-order valence-corrected chi connectivity index (χ2v) is 7.95. The maximum Gasteiger partial charge on any atom is 0.490 e. The van der Waals surface area contributed by atoms with Crippen LogP contribution >= 0.6 is 11.3 Å². The normalized spacial score (nSPS) is 19.4. The van der Waals surface area contributed by atoms with E-state index in [0.29, 0.717) is 6.61 Å². The van der Waals surface area contributed by atoms with E-state index in [0.717, 1.165) is 37.7 Å². The van der Waals surface area contributed by atoms with Crippen LogP contribution < -0.4 is 0 Å². The third kappa shape index (κ3) is 5.77. The lowest BCUT2D eigenvalue weighted by Gasteiger charge is -2.34. The summed E-state index contributed by atoms with van der Waals surface area (Å²) in [5.74, 6) is -1.93. The minimum absolute atomic E-state index is 0.224. The average Bonchev–Trinajstić information content (AvgIpc) is 3.15. The van der Waals surface area contributed by atoms with E-state index in [1.54, 1.807) is 18.4 Å². The van der Waals surface area contributed by atoms with Crippen molar-refractivity contribution < 1.29 is 27.8 Å². The summed E-state index contributed by atoms with van der Waals surface area (Å²) in [4.78, 5) is 11.4. The van der Waals surface area contributed by atoms with Crippen molar-refractivity contribution in [1.29, 1.82) is 0 Å². The van der Waals surface area contributed by atoms with Gasteiger partial charge in [0, 0.05) is 33.2 Å². The van der Waals surface area contributed by atoms with E-state index in [-0.39, 0.29) is 6.04 Å². The number of methoxy groups -OCH3 is 1. The fourth-order valence-electron chi connectivity index (χ4n) is 3.28. The molecule has 0 bridgehead atoms. The fraction of sp³-hybridized carbons (Fsp3) is 0.611. The third-order valence-electron chi connectivity index (χ3n) is 4.92. The van der Waals surface area contributed by atoms with Crippen LogP contribution in [-0.2, 0) is 29.0 Å². The Hall–Kier alpha value is -1.98. The minimum Gasteiger partial charge on any atom is -0.475 e. The highest BCUT2D eigenvalue weighted by Crippen LogP contribution is 2.34. The molecule has 1 N–H and O–H groups in total. The fourth-order valence-corrected chi connectivity index (χ4v) is 3.94. The molecule has 0 radical (unpaired) electrons. The van der Waals surface area contributed by atoms with Gasteiger partial charge < -0.3 is 9.84 Å². The molecule has 0 saturated heterocycles. The molecule has 1 aliphatic heterocycles. The van der Waals surface area contributed by atoms with Gasteiger partial charge in [0.15, 0.2) is 0 Å². The molecule has 3 heterocycles. The van der Waals surface area contributed by atoms with Gasteiger partial charge in [-0.25, -0.2) is 9.48 Å². The number of ether oxygens (including phenoxy) is 1. The van der Waals surface area contributed by atoms with Crippen molar-refractivity contribution >= 4 is 17.3 Å². The lowest BCUT2D eigenvalue weighted by atomic mass is 10.0. The van der Waals surface area contributed by atoms with Gasteiger partial charge in [0.1, 0.15) is 5.69 Å². The van der Waals surface area contributed by atoms with Crippen molar-refractivity contribution in [2.24, 2.45) is 5.92 Å². The Morgan fingerprint density at radius 2 is 2.14 bits per heavy atom. The van der Waals surface area contributed by atoms with Crippen LogP contribution in [0.3, 0.4) is 0 Å². The zero-order valence-corrected chi connectivity index (χ0v) is 16.7. The number of rotatable bonds is 6. The third-order valence-corrected chi connectivity index (χ3v) is 5.65. The molecule has 2 aromatic heterocycles. The van der Waals surface area contributed by atoms with Crippen molar-refractivity contribution in [2.45, 2.75) is 44.6 Å². The highest BCUT2D eigenvalue weighted by molar-refractivity contribution is 7.07. The number of aliphatic carboxylic acids is 1. The highest BCUT2D eigenvalue weighted by atomic mass is 32.1. The zero-order valence-electron chi connectivity index (χ0n) is 15.9. The van der Waals surface area contributed by atoms with Crippen LogP contribution in [0, 0.1) is 5.92 Å². The van der Waals surface area contributed by atoms with E-state index >= 15 is 0 Å². The van der Waals surface area contributed by atoms with Crippen molar-refractivity contribution in [3.63, 3.8) is 0 Å². The van der Waals surface area contributed by atoms with E-state index in [4.69, 9.17) is 14.6 Å². The van der Waals surface area contributed by atoms with Crippen LogP contribution in [-0.4, -0.2) is 57.4 Å². The van der Waals surface area contributed by atoms with E-state index in [1.807, 2.05) is 0 Å². The number of halogens is 3. The second-order valence-electron chi connectivity index (χ2n) is 7.17. The molecule has 1 saturated carbocycles. The topological polar surface area (TPSA) is 80.5 Å². The molecule has 1 aliphatic carbocycles. The summed E-state index contributed by atoms with van der Waals surface area (Å²) in [6, 6.07) is 2.43. The van der Waals surface area contributed by atoms with E-state index < -0.39 is 12.1 Å². The summed E-state index contributed by atoms with van der Waals surface area (Å²) >= 11 is 1.76. The number of hydrogen-bond acceptors (Lipinski definition) is 6. The smallest absolute Gasteiger partial charge is 0.475 e. The number of carboxylic acid groups (broad SMARTS) is 1. The maximum atomic E-state index is 10.6. The molecule has 2 aliphatic rings. The van der Waals surface area contributed by atoms with Crippen molar-refractivity contribution in [1.82, 2.24) is 19.9 Å². The summed E-state index contributed by atoms with van der Waals surface area (Å²) in [6.45, 7) is 3.74. The molecule has 160 valence electrons. The zero-order chi connectivity index (χ0) is 21.0. The summed E-state index contributed by atoms with van der Waals surface area (Å²) in [5, 5.41) is 20.4. The van der Waals surface area contributed by atoms with Crippen molar-refractivity contribution in [3.8, 4) is 0 Å². The number of aromatic nitrogens is 3. The molecule has 29 heavy (non-hydrogen) atoms. The lowest BCUT2D eigenvalue weighted by molar-refractivity contribution is -0.192. The summed E-state index contributed by atoms with van der Waals surface area (Å²) in [6.07, 6.45) is -1.35. The molecule has 4 rings (SSSR count). The molecule has 1 fully saturated rings. The van der Waals surface area contributed by atoms with Crippen molar-refractivity contribution in [3.05, 3.63) is 33.8 Å². The number of carbonyl (C=O) groups is 1.